The Balaban J connectivity index is 5.38. The Labute approximate surface area is 596 Å². The summed E-state index contributed by atoms with van der Waals surface area (Å²) in [5.74, 6) is -2.23. The lowest BCUT2D eigenvalue weighted by Gasteiger charge is -2.21. The molecule has 0 rings (SSSR count). The third-order valence-electron chi connectivity index (χ3n) is 16.7. The molecule has 3 N–H and O–H groups in total. The zero-order valence-electron chi connectivity index (χ0n) is 62.2. The van der Waals surface area contributed by atoms with E-state index in [0.717, 1.165) is 109 Å². The summed E-state index contributed by atoms with van der Waals surface area (Å²) in [7, 11) is -9.96. The van der Waals surface area contributed by atoms with Crippen molar-refractivity contribution in [3.63, 3.8) is 0 Å². The van der Waals surface area contributed by atoms with E-state index in [1.54, 1.807) is 0 Å². The number of hydrogen-bond donors (Lipinski definition) is 3. The molecule has 0 bridgehead atoms. The SMILES string of the molecule is CCCCC/C=C\C/C=C\C/C=C\C/C=C\CCCC(=O)O[C@H](COC(=O)CCCCCCCCCCCCCCC)COP(=O)(O)OC[C@H](O)COP(=O)(O)OC[C@@H](COC(=O)CCCCCCCCCCCCCCC)OC(=O)CCCCCCC/C=C\C/C=C\CCCCC. The maximum atomic E-state index is 13.1. The number of esters is 4. The molecule has 0 spiro atoms. The monoisotopic (exact) mass is 1420 g/mol. The van der Waals surface area contributed by atoms with Crippen LogP contribution in [0.5, 0.6) is 0 Å². The first-order valence-corrected chi connectivity index (χ1v) is 42.2. The van der Waals surface area contributed by atoms with Gasteiger partial charge in [0.05, 0.1) is 26.4 Å². The maximum Gasteiger partial charge on any atom is 0.472 e. The van der Waals surface area contributed by atoms with Crippen molar-refractivity contribution in [2.75, 3.05) is 39.6 Å². The highest BCUT2D eigenvalue weighted by atomic mass is 31.2. The molecule has 5 atom stereocenters. The zero-order valence-corrected chi connectivity index (χ0v) is 64.0. The molecule has 0 saturated heterocycles. The molecule has 0 aliphatic heterocycles. The summed E-state index contributed by atoms with van der Waals surface area (Å²) in [4.78, 5) is 72.8. The average Bonchev–Trinajstić information content (AvgIpc) is 1.05. The Bertz CT molecular complexity index is 2140. The first-order chi connectivity index (χ1) is 47.7. The number of ether oxygens (including phenoxy) is 4. The van der Waals surface area contributed by atoms with Gasteiger partial charge < -0.3 is 33.8 Å². The summed E-state index contributed by atoms with van der Waals surface area (Å²) in [6.45, 7) is 4.79. The lowest BCUT2D eigenvalue weighted by molar-refractivity contribution is -0.161. The van der Waals surface area contributed by atoms with Gasteiger partial charge in [0.15, 0.2) is 12.2 Å². The van der Waals surface area contributed by atoms with Crippen LogP contribution in [0.4, 0.5) is 0 Å². The molecule has 0 aromatic heterocycles. The van der Waals surface area contributed by atoms with E-state index in [1.807, 2.05) is 12.2 Å². The minimum absolute atomic E-state index is 0.0230. The van der Waals surface area contributed by atoms with Crippen molar-refractivity contribution >= 4 is 39.5 Å². The van der Waals surface area contributed by atoms with Gasteiger partial charge in [0, 0.05) is 25.7 Å². The molecule has 0 aliphatic carbocycles. The number of phosphoric ester groups is 2. The number of hydrogen-bond acceptors (Lipinski definition) is 15. The number of aliphatic hydroxyl groups excluding tert-OH is 1. The van der Waals surface area contributed by atoms with Crippen molar-refractivity contribution in [2.45, 2.75) is 367 Å². The van der Waals surface area contributed by atoms with E-state index < -0.39 is 97.5 Å². The number of unbranched alkanes of at least 4 members (excludes halogenated alkanes) is 36. The number of phosphoric acid groups is 2. The minimum Gasteiger partial charge on any atom is -0.462 e. The first-order valence-electron chi connectivity index (χ1n) is 39.2. The lowest BCUT2D eigenvalue weighted by atomic mass is 10.0. The van der Waals surface area contributed by atoms with Crippen molar-refractivity contribution in [2.24, 2.45) is 0 Å². The maximum absolute atomic E-state index is 13.1. The summed E-state index contributed by atoms with van der Waals surface area (Å²) in [6, 6.07) is 0. The minimum atomic E-state index is -4.98. The van der Waals surface area contributed by atoms with Crippen LogP contribution in [-0.4, -0.2) is 96.7 Å². The normalized spacial score (nSPS) is 14.3. The quantitative estimate of drug-likeness (QED) is 0.0169. The summed E-state index contributed by atoms with van der Waals surface area (Å²) < 4.78 is 68.5. The highest BCUT2D eigenvalue weighted by molar-refractivity contribution is 7.47. The molecular weight excluding hydrogens is 1280 g/mol. The second kappa shape index (κ2) is 71.9. The van der Waals surface area contributed by atoms with Gasteiger partial charge >= 0.3 is 39.5 Å². The van der Waals surface area contributed by atoms with Gasteiger partial charge in [-0.3, -0.25) is 37.3 Å². The van der Waals surface area contributed by atoms with Crippen molar-refractivity contribution in [3.8, 4) is 0 Å². The van der Waals surface area contributed by atoms with Crippen molar-refractivity contribution in [1.29, 1.82) is 0 Å². The van der Waals surface area contributed by atoms with E-state index in [0.29, 0.717) is 32.1 Å². The first kappa shape index (κ1) is 94.5. The molecule has 2 unspecified atom stereocenters. The average molecular weight is 1430 g/mol. The zero-order chi connectivity index (χ0) is 71.8. The van der Waals surface area contributed by atoms with Crippen LogP contribution in [0, 0.1) is 0 Å². The Morgan fingerprint density at radius 3 is 0.827 bits per heavy atom. The second-order valence-corrected chi connectivity index (χ2v) is 29.2. The van der Waals surface area contributed by atoms with E-state index in [9.17, 15) is 43.2 Å². The molecule has 0 fully saturated rings. The van der Waals surface area contributed by atoms with E-state index in [4.69, 9.17) is 37.0 Å². The summed E-state index contributed by atoms with van der Waals surface area (Å²) in [5.41, 5.74) is 0. The third kappa shape index (κ3) is 70.9. The topological polar surface area (TPSA) is 237 Å². The fourth-order valence-corrected chi connectivity index (χ4v) is 12.2. The molecule has 0 radical (unpaired) electrons. The predicted octanol–water partition coefficient (Wildman–Crippen LogP) is 22.4. The van der Waals surface area contributed by atoms with Gasteiger partial charge in [0.25, 0.3) is 0 Å². The molecule has 0 amide bonds. The fraction of sp³-hybridized carbons (Fsp3) is 0.797. The predicted molar refractivity (Wildman–Crippen MR) is 400 cm³/mol. The van der Waals surface area contributed by atoms with Crippen LogP contribution < -0.4 is 0 Å². The molecule has 17 nitrogen and oxygen atoms in total. The Morgan fingerprint density at radius 2 is 0.510 bits per heavy atom. The standard InChI is InChI=1S/C79H142O17P2/c1-5-9-13-17-21-25-29-33-35-36-38-42-46-50-54-58-62-66-79(84)96-75(70-90-77(82)64-60-56-52-48-44-40-32-28-24-20-16-12-8-4)72-94-98(87,88)92-68-73(80)67-91-97(85,86)93-71-74(69-89-76(81)63-59-55-51-47-43-39-31-27-23-19-15-11-7-3)95-78(83)65-61-57-53-49-45-41-37-34-30-26-22-18-14-10-6-2/h21-22,25-26,33-35,37-38,42,50,54,73-75,80H,5-20,23-24,27-32,36,39-41,43-49,51-53,55-72H2,1-4H3,(H,85,86)(H,87,88)/b25-21-,26-22-,35-33-,37-34-,42-38-,54-50-/t73-,74-,75-/m1/s1. The van der Waals surface area contributed by atoms with Gasteiger partial charge in [-0.1, -0.05) is 300 Å². The Morgan fingerprint density at radius 1 is 0.286 bits per heavy atom. The van der Waals surface area contributed by atoms with Crippen LogP contribution in [0.15, 0.2) is 72.9 Å². The highest BCUT2D eigenvalue weighted by Gasteiger charge is 2.30. The van der Waals surface area contributed by atoms with Gasteiger partial charge in [-0.05, 0) is 96.3 Å². The van der Waals surface area contributed by atoms with Gasteiger partial charge in [-0.2, -0.15) is 0 Å². The van der Waals surface area contributed by atoms with Gasteiger partial charge in [-0.25, -0.2) is 9.13 Å². The van der Waals surface area contributed by atoms with Gasteiger partial charge in [0.1, 0.15) is 19.3 Å². The van der Waals surface area contributed by atoms with Gasteiger partial charge in [0.2, 0.25) is 0 Å². The van der Waals surface area contributed by atoms with E-state index in [-0.39, 0.29) is 25.7 Å². The highest BCUT2D eigenvalue weighted by Crippen LogP contribution is 2.45. The second-order valence-electron chi connectivity index (χ2n) is 26.3. The number of allylic oxidation sites excluding steroid dienone is 12. The van der Waals surface area contributed by atoms with Crippen LogP contribution in [0.25, 0.3) is 0 Å². The molecule has 0 saturated carbocycles. The van der Waals surface area contributed by atoms with Crippen molar-refractivity contribution < 1.29 is 80.2 Å². The molecule has 0 aromatic rings. The van der Waals surface area contributed by atoms with E-state index >= 15 is 0 Å². The van der Waals surface area contributed by atoms with Crippen LogP contribution in [0.3, 0.4) is 0 Å². The summed E-state index contributed by atoms with van der Waals surface area (Å²) in [5, 5.41) is 10.6. The van der Waals surface area contributed by atoms with Crippen LogP contribution >= 0.6 is 15.6 Å². The smallest absolute Gasteiger partial charge is 0.462 e. The molecule has 0 aliphatic rings. The molecule has 98 heavy (non-hydrogen) atoms. The van der Waals surface area contributed by atoms with E-state index in [2.05, 4.69) is 88.5 Å². The molecule has 0 aromatic carbocycles. The lowest BCUT2D eigenvalue weighted by Crippen LogP contribution is -2.30. The Kier molecular flexibility index (Phi) is 69.3. The number of carbonyl (C=O) groups excluding carboxylic acids is 4. The largest absolute Gasteiger partial charge is 0.472 e. The molecule has 19 heteroatoms. The third-order valence-corrected chi connectivity index (χ3v) is 18.6. The Hall–Kier alpha value is -3.50. The van der Waals surface area contributed by atoms with Crippen molar-refractivity contribution in [1.82, 2.24) is 0 Å². The number of rotatable bonds is 74. The van der Waals surface area contributed by atoms with E-state index in [1.165, 1.54) is 154 Å². The fourth-order valence-electron chi connectivity index (χ4n) is 10.7. The van der Waals surface area contributed by atoms with Crippen LogP contribution in [0.1, 0.15) is 349 Å². The summed E-state index contributed by atoms with van der Waals surface area (Å²) >= 11 is 0. The van der Waals surface area contributed by atoms with Crippen LogP contribution in [-0.2, 0) is 65.4 Å². The van der Waals surface area contributed by atoms with Gasteiger partial charge in [-0.15, -0.1) is 0 Å². The molecule has 0 heterocycles. The van der Waals surface area contributed by atoms with Crippen molar-refractivity contribution in [3.05, 3.63) is 72.9 Å². The summed E-state index contributed by atoms with van der Waals surface area (Å²) in [6.07, 6.45) is 71.7. The molecular formula is C79H142O17P2. The number of carbonyl (C=O) groups is 4. The number of aliphatic hydroxyl groups is 1. The molecule has 570 valence electrons. The van der Waals surface area contributed by atoms with Crippen LogP contribution in [0.2, 0.25) is 0 Å².